The smallest absolute Gasteiger partial charge is 0.357 e. The van der Waals surface area contributed by atoms with Crippen LogP contribution in [0.25, 0.3) is 28.7 Å². The van der Waals surface area contributed by atoms with E-state index in [4.69, 9.17) is 4.52 Å². The van der Waals surface area contributed by atoms with E-state index in [9.17, 15) is 18.3 Å². The SMILES string of the molecule is CC(C)c1ccccc1-n1nc(C(=O)O)c(Br)c1-c1nc(-c2cccc(S(C)(=O)=O)c2)no1. The van der Waals surface area contributed by atoms with Crippen LogP contribution in [0.1, 0.15) is 35.8 Å². The number of carboxylic acid groups (broad SMARTS) is 1. The van der Waals surface area contributed by atoms with Gasteiger partial charge in [-0.15, -0.1) is 0 Å². The van der Waals surface area contributed by atoms with Gasteiger partial charge < -0.3 is 9.63 Å². The molecule has 0 spiro atoms. The molecule has 0 amide bonds. The lowest BCUT2D eigenvalue weighted by Gasteiger charge is -2.13. The monoisotopic (exact) mass is 530 g/mol. The number of hydrogen-bond acceptors (Lipinski definition) is 7. The minimum absolute atomic E-state index is 0.0280. The first-order valence-corrected chi connectivity index (χ1v) is 12.5. The Morgan fingerprint density at radius 2 is 1.88 bits per heavy atom. The van der Waals surface area contributed by atoms with Gasteiger partial charge in [-0.25, -0.2) is 17.9 Å². The number of aromatic nitrogens is 4. The van der Waals surface area contributed by atoms with Gasteiger partial charge in [0.2, 0.25) is 5.82 Å². The molecule has 0 unspecified atom stereocenters. The molecule has 2 aromatic heterocycles. The number of carboxylic acids is 1. The van der Waals surface area contributed by atoms with Crippen molar-refractivity contribution in [3.05, 3.63) is 64.3 Å². The fourth-order valence-corrected chi connectivity index (χ4v) is 4.62. The molecular formula is C22H19BrN4O5S. The fraction of sp³-hybridized carbons (Fsp3) is 0.182. The van der Waals surface area contributed by atoms with E-state index in [1.807, 2.05) is 38.1 Å². The van der Waals surface area contributed by atoms with Gasteiger partial charge >= 0.3 is 5.97 Å². The number of sulfone groups is 1. The average Bonchev–Trinajstić information content (AvgIpc) is 3.37. The summed E-state index contributed by atoms with van der Waals surface area (Å²) in [5.74, 6) is -0.892. The van der Waals surface area contributed by atoms with Crippen molar-refractivity contribution in [2.45, 2.75) is 24.7 Å². The first-order chi connectivity index (χ1) is 15.6. The third-order valence-corrected chi connectivity index (χ3v) is 6.83. The van der Waals surface area contributed by atoms with E-state index in [1.165, 1.54) is 16.8 Å². The van der Waals surface area contributed by atoms with E-state index in [0.29, 0.717) is 11.3 Å². The summed E-state index contributed by atoms with van der Waals surface area (Å²) in [6.07, 6.45) is 1.11. The predicted molar refractivity (Wildman–Crippen MR) is 124 cm³/mol. The molecule has 170 valence electrons. The summed E-state index contributed by atoms with van der Waals surface area (Å²) in [5.41, 5.74) is 2.14. The van der Waals surface area contributed by atoms with Crippen molar-refractivity contribution < 1.29 is 22.8 Å². The maximum absolute atomic E-state index is 11.9. The van der Waals surface area contributed by atoms with Gasteiger partial charge in [-0.05, 0) is 45.6 Å². The van der Waals surface area contributed by atoms with Crippen LogP contribution in [-0.2, 0) is 9.84 Å². The lowest BCUT2D eigenvalue weighted by atomic mass is 10.0. The Morgan fingerprint density at radius 3 is 2.55 bits per heavy atom. The molecule has 0 aliphatic heterocycles. The molecule has 0 aliphatic carbocycles. The van der Waals surface area contributed by atoms with Gasteiger partial charge in [0.15, 0.2) is 15.5 Å². The van der Waals surface area contributed by atoms with Crippen LogP contribution in [-0.4, -0.2) is 45.7 Å². The number of rotatable bonds is 6. The molecule has 11 heteroatoms. The molecule has 2 aromatic carbocycles. The molecule has 1 N–H and O–H groups in total. The van der Waals surface area contributed by atoms with Gasteiger partial charge in [-0.2, -0.15) is 10.1 Å². The number of aromatic carboxylic acids is 1. The number of hydrogen-bond donors (Lipinski definition) is 1. The summed E-state index contributed by atoms with van der Waals surface area (Å²) in [7, 11) is -3.42. The highest BCUT2D eigenvalue weighted by molar-refractivity contribution is 9.10. The topological polar surface area (TPSA) is 128 Å². The van der Waals surface area contributed by atoms with E-state index >= 15 is 0 Å². The molecule has 33 heavy (non-hydrogen) atoms. The molecule has 9 nitrogen and oxygen atoms in total. The number of para-hydroxylation sites is 1. The van der Waals surface area contributed by atoms with Crippen molar-refractivity contribution in [3.63, 3.8) is 0 Å². The molecule has 0 radical (unpaired) electrons. The molecular weight excluding hydrogens is 512 g/mol. The van der Waals surface area contributed by atoms with E-state index < -0.39 is 15.8 Å². The summed E-state index contributed by atoms with van der Waals surface area (Å²) in [4.78, 5) is 16.3. The van der Waals surface area contributed by atoms with E-state index in [0.717, 1.165) is 11.8 Å². The van der Waals surface area contributed by atoms with Crippen molar-refractivity contribution >= 4 is 31.7 Å². The number of carbonyl (C=O) groups is 1. The van der Waals surface area contributed by atoms with E-state index in [2.05, 4.69) is 31.2 Å². The Labute approximate surface area is 198 Å². The third-order valence-electron chi connectivity index (χ3n) is 4.97. The highest BCUT2D eigenvalue weighted by Gasteiger charge is 2.28. The molecule has 0 atom stereocenters. The second-order valence-electron chi connectivity index (χ2n) is 7.66. The van der Waals surface area contributed by atoms with Crippen molar-refractivity contribution in [3.8, 4) is 28.7 Å². The molecule has 0 bridgehead atoms. The van der Waals surface area contributed by atoms with Crippen molar-refractivity contribution in [2.24, 2.45) is 0 Å². The quantitative estimate of drug-likeness (QED) is 0.383. The zero-order valence-corrected chi connectivity index (χ0v) is 20.3. The molecule has 0 saturated carbocycles. The highest BCUT2D eigenvalue weighted by Crippen LogP contribution is 2.35. The van der Waals surface area contributed by atoms with Crippen LogP contribution in [0.4, 0.5) is 0 Å². The zero-order valence-electron chi connectivity index (χ0n) is 17.9. The zero-order chi connectivity index (χ0) is 23.9. The van der Waals surface area contributed by atoms with Crippen LogP contribution in [0.3, 0.4) is 0 Å². The minimum Gasteiger partial charge on any atom is -0.476 e. The van der Waals surface area contributed by atoms with E-state index in [1.54, 1.807) is 12.1 Å². The van der Waals surface area contributed by atoms with Gasteiger partial charge in [0.25, 0.3) is 5.89 Å². The number of benzene rings is 2. The van der Waals surface area contributed by atoms with Gasteiger partial charge in [0.1, 0.15) is 5.69 Å². The Morgan fingerprint density at radius 1 is 1.15 bits per heavy atom. The van der Waals surface area contributed by atoms with E-state index in [-0.39, 0.29) is 38.4 Å². The van der Waals surface area contributed by atoms with Crippen molar-refractivity contribution in [2.75, 3.05) is 6.26 Å². The Bertz CT molecular complexity index is 1470. The Hall–Kier alpha value is -3.31. The van der Waals surface area contributed by atoms with Crippen LogP contribution in [0, 0.1) is 0 Å². The largest absolute Gasteiger partial charge is 0.476 e. The molecule has 2 heterocycles. The molecule has 0 aliphatic rings. The van der Waals surface area contributed by atoms with Crippen LogP contribution in [0.5, 0.6) is 0 Å². The minimum atomic E-state index is -3.42. The highest BCUT2D eigenvalue weighted by atomic mass is 79.9. The van der Waals surface area contributed by atoms with Crippen LogP contribution in [0.2, 0.25) is 0 Å². The van der Waals surface area contributed by atoms with Crippen LogP contribution in [0.15, 0.2) is 62.4 Å². The van der Waals surface area contributed by atoms with Gasteiger partial charge in [-0.3, -0.25) is 0 Å². The van der Waals surface area contributed by atoms with Gasteiger partial charge in [-0.1, -0.05) is 49.3 Å². The normalized spacial score (nSPS) is 11.8. The molecule has 4 rings (SSSR count). The average molecular weight is 531 g/mol. The first-order valence-electron chi connectivity index (χ1n) is 9.83. The van der Waals surface area contributed by atoms with Crippen molar-refractivity contribution in [1.82, 2.24) is 19.9 Å². The summed E-state index contributed by atoms with van der Waals surface area (Å²) in [5, 5.41) is 17.9. The maximum atomic E-state index is 11.9. The Balaban J connectivity index is 1.90. The van der Waals surface area contributed by atoms with Gasteiger partial charge in [0, 0.05) is 11.8 Å². The maximum Gasteiger partial charge on any atom is 0.357 e. The number of halogens is 1. The standard InChI is InChI=1S/C22H19BrN4O5S/c1-12(2)15-9-4-5-10-16(15)27-19(17(23)18(25-27)22(28)29)21-24-20(26-32-21)13-7-6-8-14(11-13)33(3,30)31/h4-12H,1-3H3,(H,28,29). The second-order valence-corrected chi connectivity index (χ2v) is 10.5. The predicted octanol–water partition coefficient (Wildman–Crippen LogP) is 4.58. The fourth-order valence-electron chi connectivity index (χ4n) is 3.37. The first kappa shape index (κ1) is 22.9. The summed E-state index contributed by atoms with van der Waals surface area (Å²) in [6.45, 7) is 4.05. The summed E-state index contributed by atoms with van der Waals surface area (Å²) >= 11 is 3.33. The molecule has 0 fully saturated rings. The summed E-state index contributed by atoms with van der Waals surface area (Å²) in [6, 6.07) is 13.7. The van der Waals surface area contributed by atoms with Crippen molar-refractivity contribution in [1.29, 1.82) is 0 Å². The Kier molecular flexibility index (Phi) is 5.93. The molecule has 0 saturated heterocycles. The number of nitrogens with zero attached hydrogens (tertiary/aromatic N) is 4. The summed E-state index contributed by atoms with van der Waals surface area (Å²) < 4.78 is 30.9. The lowest BCUT2D eigenvalue weighted by molar-refractivity contribution is 0.0689. The van der Waals surface area contributed by atoms with Crippen LogP contribution >= 0.6 is 15.9 Å². The third kappa shape index (κ3) is 4.33. The molecule has 4 aromatic rings. The lowest BCUT2D eigenvalue weighted by Crippen LogP contribution is -2.06. The van der Waals surface area contributed by atoms with Crippen LogP contribution < -0.4 is 0 Å². The second kappa shape index (κ2) is 8.56. The van der Waals surface area contributed by atoms with Gasteiger partial charge in [0.05, 0.1) is 15.1 Å².